The largest absolute Gasteiger partial charge is 0.394 e. The molecule has 1 aromatic carbocycles. The first kappa shape index (κ1) is 18.4. The molecule has 1 aliphatic rings. The molecule has 0 aliphatic carbocycles. The molecule has 4 rings (SSSR count). The van der Waals surface area contributed by atoms with Crippen molar-refractivity contribution in [3.8, 4) is 11.3 Å². The van der Waals surface area contributed by atoms with Crippen molar-refractivity contribution in [3.63, 3.8) is 0 Å². The number of amides is 1. The van der Waals surface area contributed by atoms with Gasteiger partial charge in [0.25, 0.3) is 5.91 Å². The van der Waals surface area contributed by atoms with Gasteiger partial charge in [0.2, 0.25) is 0 Å². The Morgan fingerprint density at radius 1 is 1.29 bits per heavy atom. The van der Waals surface area contributed by atoms with Crippen LogP contribution >= 0.6 is 0 Å². The first-order valence-electron chi connectivity index (χ1n) is 9.65. The number of likely N-dealkylation sites (tertiary alicyclic amines) is 1. The predicted octanol–water partition coefficient (Wildman–Crippen LogP) is 3.21. The van der Waals surface area contributed by atoms with Crippen LogP contribution < -0.4 is 0 Å². The SMILES string of the molecule is Cc1cc(-c2cn(CCO)nc2[C@@H]2CCCCN2C(=O)c2ccccc2)on1. The lowest BCUT2D eigenvalue weighted by Crippen LogP contribution is -2.39. The summed E-state index contributed by atoms with van der Waals surface area (Å²) in [7, 11) is 0. The lowest BCUT2D eigenvalue weighted by molar-refractivity contribution is 0.0605. The summed E-state index contributed by atoms with van der Waals surface area (Å²) in [5.41, 5.74) is 3.10. The van der Waals surface area contributed by atoms with E-state index in [0.29, 0.717) is 24.4 Å². The van der Waals surface area contributed by atoms with E-state index in [-0.39, 0.29) is 18.6 Å². The molecule has 1 N–H and O–H groups in total. The van der Waals surface area contributed by atoms with Crippen molar-refractivity contribution in [1.82, 2.24) is 19.8 Å². The van der Waals surface area contributed by atoms with Crippen molar-refractivity contribution in [2.24, 2.45) is 0 Å². The minimum atomic E-state index is -0.137. The first-order chi connectivity index (χ1) is 13.7. The van der Waals surface area contributed by atoms with E-state index in [4.69, 9.17) is 9.62 Å². The van der Waals surface area contributed by atoms with Crippen LogP contribution in [-0.2, 0) is 6.54 Å². The predicted molar refractivity (Wildman–Crippen MR) is 104 cm³/mol. The van der Waals surface area contributed by atoms with Crippen molar-refractivity contribution < 1.29 is 14.4 Å². The van der Waals surface area contributed by atoms with Crippen molar-refractivity contribution in [3.05, 3.63) is 59.5 Å². The third-order valence-corrected chi connectivity index (χ3v) is 5.11. The quantitative estimate of drug-likeness (QED) is 0.735. The Morgan fingerprint density at radius 3 is 2.82 bits per heavy atom. The number of aliphatic hydroxyl groups is 1. The number of carbonyl (C=O) groups excluding carboxylic acids is 1. The number of aryl methyl sites for hydroxylation is 1. The van der Waals surface area contributed by atoms with Crippen LogP contribution in [0.2, 0.25) is 0 Å². The minimum Gasteiger partial charge on any atom is -0.394 e. The number of aliphatic hydroxyl groups excluding tert-OH is 1. The van der Waals surface area contributed by atoms with Gasteiger partial charge in [0, 0.05) is 24.4 Å². The zero-order chi connectivity index (χ0) is 19.5. The summed E-state index contributed by atoms with van der Waals surface area (Å²) in [4.78, 5) is 15.1. The van der Waals surface area contributed by atoms with Crippen LogP contribution in [0.15, 0.2) is 47.1 Å². The molecule has 0 saturated carbocycles. The van der Waals surface area contributed by atoms with Gasteiger partial charge in [-0.25, -0.2) is 0 Å². The van der Waals surface area contributed by atoms with Gasteiger partial charge in [0.05, 0.1) is 36.1 Å². The Bertz CT molecular complexity index is 948. The van der Waals surface area contributed by atoms with Crippen molar-refractivity contribution in [1.29, 1.82) is 0 Å². The summed E-state index contributed by atoms with van der Waals surface area (Å²) in [6.45, 7) is 2.95. The molecule has 7 nitrogen and oxygen atoms in total. The topological polar surface area (TPSA) is 84.4 Å². The van der Waals surface area contributed by atoms with E-state index in [2.05, 4.69) is 5.16 Å². The van der Waals surface area contributed by atoms with Crippen molar-refractivity contribution in [2.45, 2.75) is 38.8 Å². The number of nitrogens with zero attached hydrogens (tertiary/aromatic N) is 4. The molecule has 7 heteroatoms. The molecule has 0 spiro atoms. The van der Waals surface area contributed by atoms with Crippen molar-refractivity contribution >= 4 is 5.91 Å². The molecular weight excluding hydrogens is 356 g/mol. The summed E-state index contributed by atoms with van der Waals surface area (Å²) < 4.78 is 7.19. The van der Waals surface area contributed by atoms with Crippen LogP contribution in [0.25, 0.3) is 11.3 Å². The van der Waals surface area contributed by atoms with Gasteiger partial charge in [-0.15, -0.1) is 0 Å². The zero-order valence-corrected chi connectivity index (χ0v) is 15.9. The zero-order valence-electron chi connectivity index (χ0n) is 15.9. The Labute approximate surface area is 163 Å². The molecule has 1 amide bonds. The molecule has 0 bridgehead atoms. The second-order valence-electron chi connectivity index (χ2n) is 7.12. The van der Waals surface area contributed by atoms with Crippen LogP contribution in [0.1, 0.15) is 47.1 Å². The van der Waals surface area contributed by atoms with Crippen LogP contribution in [0, 0.1) is 6.92 Å². The summed E-state index contributed by atoms with van der Waals surface area (Å²) in [6, 6.07) is 11.1. The average molecular weight is 380 g/mol. The van der Waals surface area contributed by atoms with Gasteiger partial charge >= 0.3 is 0 Å². The molecule has 1 saturated heterocycles. The van der Waals surface area contributed by atoms with E-state index >= 15 is 0 Å². The molecule has 0 radical (unpaired) electrons. The summed E-state index contributed by atoms with van der Waals surface area (Å²) in [5.74, 6) is 0.649. The maximum atomic E-state index is 13.2. The van der Waals surface area contributed by atoms with Gasteiger partial charge in [0.1, 0.15) is 0 Å². The Kier molecular flexibility index (Phi) is 5.25. The summed E-state index contributed by atoms with van der Waals surface area (Å²) in [6.07, 6.45) is 4.72. The minimum absolute atomic E-state index is 0.00663. The number of hydrogen-bond donors (Lipinski definition) is 1. The molecule has 3 heterocycles. The van der Waals surface area contributed by atoms with Gasteiger partial charge in [-0.1, -0.05) is 23.4 Å². The fourth-order valence-corrected chi connectivity index (χ4v) is 3.79. The number of aromatic nitrogens is 3. The number of benzene rings is 1. The van der Waals surface area contributed by atoms with E-state index in [1.165, 1.54) is 0 Å². The molecule has 28 heavy (non-hydrogen) atoms. The first-order valence-corrected chi connectivity index (χ1v) is 9.65. The number of piperidine rings is 1. The second kappa shape index (κ2) is 7.98. The highest BCUT2D eigenvalue weighted by molar-refractivity contribution is 5.94. The van der Waals surface area contributed by atoms with E-state index in [9.17, 15) is 9.90 Å². The van der Waals surface area contributed by atoms with Gasteiger partial charge in [-0.2, -0.15) is 5.10 Å². The molecule has 3 aromatic rings. The van der Waals surface area contributed by atoms with Gasteiger partial charge in [-0.3, -0.25) is 9.48 Å². The highest BCUT2D eigenvalue weighted by atomic mass is 16.5. The van der Waals surface area contributed by atoms with E-state index in [1.54, 1.807) is 4.68 Å². The van der Waals surface area contributed by atoms with Gasteiger partial charge < -0.3 is 14.5 Å². The van der Waals surface area contributed by atoms with E-state index in [0.717, 1.165) is 36.2 Å². The van der Waals surface area contributed by atoms with Crippen molar-refractivity contribution in [2.75, 3.05) is 13.2 Å². The van der Waals surface area contributed by atoms with Crippen LogP contribution in [-0.4, -0.2) is 44.0 Å². The molecule has 146 valence electrons. The maximum Gasteiger partial charge on any atom is 0.254 e. The highest BCUT2D eigenvalue weighted by Crippen LogP contribution is 2.37. The molecule has 2 aromatic heterocycles. The third-order valence-electron chi connectivity index (χ3n) is 5.11. The second-order valence-corrected chi connectivity index (χ2v) is 7.12. The average Bonchev–Trinajstić information content (AvgIpc) is 3.34. The third kappa shape index (κ3) is 3.57. The number of hydrogen-bond acceptors (Lipinski definition) is 5. The molecule has 1 atom stereocenters. The lowest BCUT2D eigenvalue weighted by atomic mass is 9.95. The Morgan fingerprint density at radius 2 is 2.11 bits per heavy atom. The molecular formula is C21H24N4O3. The van der Waals surface area contributed by atoms with Gasteiger partial charge in [0.15, 0.2) is 5.76 Å². The van der Waals surface area contributed by atoms with Gasteiger partial charge in [-0.05, 0) is 38.3 Å². The van der Waals surface area contributed by atoms with Crippen LogP contribution in [0.4, 0.5) is 0 Å². The molecule has 1 fully saturated rings. The van der Waals surface area contributed by atoms with E-state index in [1.807, 2.05) is 54.4 Å². The molecule has 0 unspecified atom stereocenters. The van der Waals surface area contributed by atoms with Crippen LogP contribution in [0.3, 0.4) is 0 Å². The Balaban J connectivity index is 1.73. The smallest absolute Gasteiger partial charge is 0.254 e. The number of rotatable bonds is 5. The lowest BCUT2D eigenvalue weighted by Gasteiger charge is -2.35. The van der Waals surface area contributed by atoms with E-state index < -0.39 is 0 Å². The van der Waals surface area contributed by atoms with Crippen LogP contribution in [0.5, 0.6) is 0 Å². The monoisotopic (exact) mass is 380 g/mol. The summed E-state index contributed by atoms with van der Waals surface area (Å²) >= 11 is 0. The Hall–Kier alpha value is -2.93. The summed E-state index contributed by atoms with van der Waals surface area (Å²) in [5, 5.41) is 18.0. The fourth-order valence-electron chi connectivity index (χ4n) is 3.79. The molecule has 1 aliphatic heterocycles. The normalized spacial score (nSPS) is 17.1. The maximum absolute atomic E-state index is 13.2. The number of carbonyl (C=O) groups is 1. The standard InChI is InChI=1S/C21H24N4O3/c1-15-13-19(28-23-15)17-14-24(11-12-26)22-20(17)18-9-5-6-10-25(18)21(27)16-7-3-2-4-8-16/h2-4,7-8,13-14,18,26H,5-6,9-12H2,1H3/t18-/m0/s1. The highest BCUT2D eigenvalue weighted by Gasteiger charge is 2.33. The fraction of sp³-hybridized carbons (Fsp3) is 0.381.